The van der Waals surface area contributed by atoms with Crippen molar-refractivity contribution in [2.45, 2.75) is 19.8 Å². The molecule has 0 unspecified atom stereocenters. The summed E-state index contributed by atoms with van der Waals surface area (Å²) in [6.07, 6.45) is 0. The highest BCUT2D eigenvalue weighted by Gasteiger charge is 2.09. The number of ether oxygens (including phenoxy) is 2. The first-order chi connectivity index (χ1) is 11.0. The molecule has 0 heterocycles. The van der Waals surface area contributed by atoms with Crippen LogP contribution < -0.4 is 9.47 Å². The Morgan fingerprint density at radius 1 is 1.04 bits per heavy atom. The van der Waals surface area contributed by atoms with Crippen molar-refractivity contribution in [1.82, 2.24) is 0 Å². The zero-order chi connectivity index (χ0) is 16.8. The van der Waals surface area contributed by atoms with Crippen LogP contribution in [0.15, 0.2) is 48.5 Å². The Bertz CT molecular complexity index is 689. The lowest BCUT2D eigenvalue weighted by Gasteiger charge is -2.09. The summed E-state index contributed by atoms with van der Waals surface area (Å²) in [6.45, 7) is 3.94. The van der Waals surface area contributed by atoms with Gasteiger partial charge in [0.1, 0.15) is 11.5 Å². The monoisotopic (exact) mass is 314 g/mol. The molecule has 23 heavy (non-hydrogen) atoms. The molecule has 0 aliphatic heterocycles. The lowest BCUT2D eigenvalue weighted by atomic mass is 10.0. The Kier molecular flexibility index (Phi) is 5.36. The smallest absolute Gasteiger partial charge is 0.349 e. The highest BCUT2D eigenvalue weighted by Crippen LogP contribution is 2.19. The van der Waals surface area contributed by atoms with Crippen LogP contribution in [0.2, 0.25) is 0 Å². The van der Waals surface area contributed by atoms with E-state index in [9.17, 15) is 9.59 Å². The second-order valence-electron chi connectivity index (χ2n) is 5.32. The zero-order valence-corrected chi connectivity index (χ0v) is 13.0. The molecule has 0 radical (unpaired) electrons. The molecule has 0 atom stereocenters. The van der Waals surface area contributed by atoms with Gasteiger partial charge in [0.25, 0.3) is 0 Å². The molecule has 0 aromatic heterocycles. The van der Waals surface area contributed by atoms with Gasteiger partial charge in [0.05, 0.1) is 5.56 Å². The summed E-state index contributed by atoms with van der Waals surface area (Å²) < 4.78 is 10.4. The summed E-state index contributed by atoms with van der Waals surface area (Å²) in [7, 11) is 0. The molecule has 0 aliphatic carbocycles. The van der Waals surface area contributed by atoms with E-state index in [1.807, 2.05) is 12.1 Å². The third kappa shape index (κ3) is 4.85. The number of carboxylic acids is 1. The Balaban J connectivity index is 1.90. The third-order valence-corrected chi connectivity index (χ3v) is 3.22. The Morgan fingerprint density at radius 3 is 2.35 bits per heavy atom. The normalized spacial score (nSPS) is 10.4. The molecule has 0 amide bonds. The molecule has 120 valence electrons. The van der Waals surface area contributed by atoms with Crippen LogP contribution in [0.25, 0.3) is 0 Å². The van der Waals surface area contributed by atoms with Crippen molar-refractivity contribution < 1.29 is 24.2 Å². The number of hydrogen-bond acceptors (Lipinski definition) is 4. The molecule has 1 N–H and O–H groups in total. The van der Waals surface area contributed by atoms with Crippen LogP contribution in [0.3, 0.4) is 0 Å². The summed E-state index contributed by atoms with van der Waals surface area (Å²) >= 11 is 0. The second-order valence-corrected chi connectivity index (χ2v) is 5.32. The van der Waals surface area contributed by atoms with Gasteiger partial charge in [0.2, 0.25) is 0 Å². The SMILES string of the molecule is CC(C)c1ccc(OCC(=O)Oc2cccc(C(=O)O)c2)cc1. The first kappa shape index (κ1) is 16.5. The Hall–Kier alpha value is -2.82. The van der Waals surface area contributed by atoms with Gasteiger partial charge in [-0.15, -0.1) is 0 Å². The van der Waals surface area contributed by atoms with Crippen molar-refractivity contribution >= 4 is 11.9 Å². The summed E-state index contributed by atoms with van der Waals surface area (Å²) in [4.78, 5) is 22.6. The van der Waals surface area contributed by atoms with Crippen molar-refractivity contribution in [1.29, 1.82) is 0 Å². The number of hydrogen-bond donors (Lipinski definition) is 1. The average Bonchev–Trinajstić information content (AvgIpc) is 2.53. The molecule has 0 spiro atoms. The number of aromatic carboxylic acids is 1. The number of rotatable bonds is 6. The van der Waals surface area contributed by atoms with Crippen molar-refractivity contribution in [3.63, 3.8) is 0 Å². The van der Waals surface area contributed by atoms with E-state index in [1.165, 1.54) is 29.8 Å². The molecule has 2 aromatic rings. The minimum Gasteiger partial charge on any atom is -0.482 e. The maximum atomic E-state index is 11.7. The lowest BCUT2D eigenvalue weighted by molar-refractivity contribution is -0.136. The standard InChI is InChI=1S/C18H18O5/c1-12(2)13-6-8-15(9-7-13)22-11-17(19)23-16-5-3-4-14(10-16)18(20)21/h3-10,12H,11H2,1-2H3,(H,20,21). The van der Waals surface area contributed by atoms with Crippen molar-refractivity contribution in [3.05, 3.63) is 59.7 Å². The van der Waals surface area contributed by atoms with E-state index in [1.54, 1.807) is 12.1 Å². The second kappa shape index (κ2) is 7.45. The van der Waals surface area contributed by atoms with Crippen molar-refractivity contribution in [2.75, 3.05) is 6.61 Å². The predicted octanol–water partition coefficient (Wildman–Crippen LogP) is 3.49. The van der Waals surface area contributed by atoms with Gasteiger partial charge in [-0.2, -0.15) is 0 Å². The van der Waals surface area contributed by atoms with Crippen LogP contribution >= 0.6 is 0 Å². The van der Waals surface area contributed by atoms with E-state index < -0.39 is 11.9 Å². The maximum absolute atomic E-state index is 11.7. The summed E-state index contributed by atoms with van der Waals surface area (Å²) in [5.74, 6) is -0.500. The van der Waals surface area contributed by atoms with Gasteiger partial charge in [-0.3, -0.25) is 0 Å². The fraction of sp³-hybridized carbons (Fsp3) is 0.222. The van der Waals surface area contributed by atoms with Crippen molar-refractivity contribution in [3.8, 4) is 11.5 Å². The number of carboxylic acid groups (broad SMARTS) is 1. The van der Waals surface area contributed by atoms with E-state index in [0.717, 1.165) is 0 Å². The molecule has 0 saturated carbocycles. The van der Waals surface area contributed by atoms with Gasteiger partial charge in [-0.05, 0) is 41.8 Å². The van der Waals surface area contributed by atoms with Crippen molar-refractivity contribution in [2.24, 2.45) is 0 Å². The van der Waals surface area contributed by atoms with E-state index in [4.69, 9.17) is 14.6 Å². The van der Waals surface area contributed by atoms with Gasteiger partial charge < -0.3 is 14.6 Å². The first-order valence-corrected chi connectivity index (χ1v) is 7.22. The molecular formula is C18H18O5. The topological polar surface area (TPSA) is 72.8 Å². The first-order valence-electron chi connectivity index (χ1n) is 7.22. The van der Waals surface area contributed by atoms with E-state index in [2.05, 4.69) is 13.8 Å². The van der Waals surface area contributed by atoms with Gasteiger partial charge in [-0.1, -0.05) is 32.0 Å². The third-order valence-electron chi connectivity index (χ3n) is 3.22. The lowest BCUT2D eigenvalue weighted by Crippen LogP contribution is -2.17. The molecule has 0 bridgehead atoms. The van der Waals surface area contributed by atoms with E-state index in [-0.39, 0.29) is 17.9 Å². The van der Waals surface area contributed by atoms with Gasteiger partial charge in [0, 0.05) is 0 Å². The van der Waals surface area contributed by atoms with E-state index >= 15 is 0 Å². The molecule has 2 rings (SSSR count). The molecule has 0 saturated heterocycles. The zero-order valence-electron chi connectivity index (χ0n) is 13.0. The molecule has 0 fully saturated rings. The fourth-order valence-corrected chi connectivity index (χ4v) is 1.94. The number of esters is 1. The maximum Gasteiger partial charge on any atom is 0.349 e. The van der Waals surface area contributed by atoms with Gasteiger partial charge in [0.15, 0.2) is 6.61 Å². The van der Waals surface area contributed by atoms with Crippen LogP contribution in [0, 0.1) is 0 Å². The number of benzene rings is 2. The largest absolute Gasteiger partial charge is 0.482 e. The Morgan fingerprint density at radius 2 is 1.74 bits per heavy atom. The van der Waals surface area contributed by atoms with Crippen LogP contribution in [0.5, 0.6) is 11.5 Å². The van der Waals surface area contributed by atoms with Gasteiger partial charge in [-0.25, -0.2) is 9.59 Å². The van der Waals surface area contributed by atoms with Gasteiger partial charge >= 0.3 is 11.9 Å². The Labute approximate surface area is 134 Å². The highest BCUT2D eigenvalue weighted by molar-refractivity contribution is 5.88. The molecular weight excluding hydrogens is 296 g/mol. The summed E-state index contributed by atoms with van der Waals surface area (Å²) in [5, 5.41) is 8.89. The summed E-state index contributed by atoms with van der Waals surface area (Å²) in [6, 6.07) is 13.2. The molecule has 5 nitrogen and oxygen atoms in total. The quantitative estimate of drug-likeness (QED) is 0.652. The average molecular weight is 314 g/mol. The van der Waals surface area contributed by atoms with Crippen LogP contribution in [-0.2, 0) is 4.79 Å². The molecule has 0 aliphatic rings. The number of carbonyl (C=O) groups is 2. The molecule has 2 aromatic carbocycles. The predicted molar refractivity (Wildman–Crippen MR) is 85.1 cm³/mol. The highest BCUT2D eigenvalue weighted by atomic mass is 16.6. The minimum absolute atomic E-state index is 0.0560. The van der Waals surface area contributed by atoms with E-state index in [0.29, 0.717) is 11.7 Å². The summed E-state index contributed by atoms with van der Waals surface area (Å²) in [5.41, 5.74) is 1.24. The number of carbonyl (C=O) groups excluding carboxylic acids is 1. The fourth-order valence-electron chi connectivity index (χ4n) is 1.94. The minimum atomic E-state index is -1.08. The van der Waals surface area contributed by atoms with Crippen LogP contribution in [0.4, 0.5) is 0 Å². The molecule has 5 heteroatoms. The van der Waals surface area contributed by atoms with Crippen LogP contribution in [-0.4, -0.2) is 23.7 Å². The van der Waals surface area contributed by atoms with Crippen LogP contribution in [0.1, 0.15) is 35.7 Å².